The maximum atomic E-state index is 13.1. The molecule has 0 radical (unpaired) electrons. The fourth-order valence-electron chi connectivity index (χ4n) is 3.74. The molecule has 1 aliphatic heterocycles. The molecular weight excluding hydrogens is 287 g/mol. The number of piperidine rings is 1. The van der Waals surface area contributed by atoms with Crippen LogP contribution < -0.4 is 10.6 Å². The Morgan fingerprint density at radius 2 is 1.71 bits per heavy atom. The smallest absolute Gasteiger partial charge is 0.123 e. The fourth-order valence-corrected chi connectivity index (χ4v) is 3.74. The van der Waals surface area contributed by atoms with Crippen molar-refractivity contribution in [3.05, 3.63) is 35.6 Å². The molecule has 118 valence electrons. The molecule has 2 nitrogen and oxygen atoms in total. The number of hydrogen-bond donors (Lipinski definition) is 2. The Hall–Kier alpha value is -0.640. The van der Waals surface area contributed by atoms with Gasteiger partial charge in [0.15, 0.2) is 0 Å². The van der Waals surface area contributed by atoms with Crippen LogP contribution in [-0.2, 0) is 5.54 Å². The largest absolute Gasteiger partial charge is 0.317 e. The van der Waals surface area contributed by atoms with Gasteiger partial charge in [-0.15, -0.1) is 12.4 Å². The molecule has 2 N–H and O–H groups in total. The molecule has 1 heterocycles. The zero-order chi connectivity index (χ0) is 13.8. The van der Waals surface area contributed by atoms with Crippen molar-refractivity contribution < 1.29 is 4.39 Å². The summed E-state index contributed by atoms with van der Waals surface area (Å²) < 4.78 is 13.1. The van der Waals surface area contributed by atoms with Crippen LogP contribution in [0.4, 0.5) is 4.39 Å². The number of nitrogens with one attached hydrogen (secondary N) is 2. The van der Waals surface area contributed by atoms with Crippen molar-refractivity contribution >= 4 is 12.4 Å². The monoisotopic (exact) mass is 312 g/mol. The second-order valence-electron chi connectivity index (χ2n) is 6.37. The van der Waals surface area contributed by atoms with Gasteiger partial charge in [-0.3, -0.25) is 0 Å². The van der Waals surface area contributed by atoms with Crippen molar-refractivity contribution in [3.8, 4) is 0 Å². The van der Waals surface area contributed by atoms with E-state index in [9.17, 15) is 4.39 Å². The van der Waals surface area contributed by atoms with Crippen LogP contribution in [0.1, 0.15) is 44.1 Å². The third-order valence-corrected chi connectivity index (χ3v) is 5.04. The first-order valence-electron chi connectivity index (χ1n) is 8.00. The van der Waals surface area contributed by atoms with E-state index in [1.807, 2.05) is 12.1 Å². The number of halogens is 2. The molecular formula is C17H26ClFN2. The Morgan fingerprint density at radius 1 is 1.10 bits per heavy atom. The fraction of sp³-hybridized carbons (Fsp3) is 0.647. The molecule has 0 unspecified atom stereocenters. The van der Waals surface area contributed by atoms with Crippen LogP contribution in [0.15, 0.2) is 24.3 Å². The average molecular weight is 313 g/mol. The molecule has 2 fully saturated rings. The highest BCUT2D eigenvalue weighted by molar-refractivity contribution is 5.85. The first kappa shape index (κ1) is 16.7. The number of rotatable bonds is 4. The summed E-state index contributed by atoms with van der Waals surface area (Å²) in [6.45, 7) is 3.39. The van der Waals surface area contributed by atoms with Crippen LogP contribution in [0, 0.1) is 11.7 Å². The highest BCUT2D eigenvalue weighted by Crippen LogP contribution is 2.39. The van der Waals surface area contributed by atoms with E-state index >= 15 is 0 Å². The van der Waals surface area contributed by atoms with Gasteiger partial charge in [-0.2, -0.15) is 0 Å². The molecule has 1 aromatic carbocycles. The Bertz CT molecular complexity index is 423. The van der Waals surface area contributed by atoms with E-state index in [0.717, 1.165) is 25.6 Å². The molecule has 0 atom stereocenters. The molecule has 0 bridgehead atoms. The molecule has 1 saturated carbocycles. The standard InChI is InChI=1S/C17H25FN2.ClH/c18-16-5-3-15(4-6-16)17(9-1-2-10-17)20-13-14-7-11-19-12-8-14;/h3-6,14,19-20H,1-2,7-13H2;1H. The third-order valence-electron chi connectivity index (χ3n) is 5.04. The van der Waals surface area contributed by atoms with E-state index in [1.54, 1.807) is 12.1 Å². The first-order valence-corrected chi connectivity index (χ1v) is 8.00. The average Bonchev–Trinajstić information content (AvgIpc) is 2.97. The van der Waals surface area contributed by atoms with Crippen LogP contribution in [0.5, 0.6) is 0 Å². The summed E-state index contributed by atoms with van der Waals surface area (Å²) in [5, 5.41) is 7.27. The van der Waals surface area contributed by atoms with Crippen LogP contribution in [0.3, 0.4) is 0 Å². The van der Waals surface area contributed by atoms with Crippen LogP contribution in [0.2, 0.25) is 0 Å². The van der Waals surface area contributed by atoms with Gasteiger partial charge in [0, 0.05) is 5.54 Å². The molecule has 0 spiro atoms. The lowest BCUT2D eigenvalue weighted by Gasteiger charge is -2.34. The molecule has 1 aliphatic carbocycles. The molecule has 4 heteroatoms. The minimum absolute atomic E-state index is 0. The van der Waals surface area contributed by atoms with Crippen LogP contribution in [0.25, 0.3) is 0 Å². The summed E-state index contributed by atoms with van der Waals surface area (Å²) >= 11 is 0. The van der Waals surface area contributed by atoms with Crippen LogP contribution >= 0.6 is 12.4 Å². The third kappa shape index (κ3) is 3.97. The summed E-state index contributed by atoms with van der Waals surface area (Å²) in [6, 6.07) is 7.13. The molecule has 1 aromatic rings. The van der Waals surface area contributed by atoms with Crippen molar-refractivity contribution in [2.75, 3.05) is 19.6 Å². The number of benzene rings is 1. The van der Waals surface area contributed by atoms with Gasteiger partial charge in [-0.25, -0.2) is 4.39 Å². The lowest BCUT2D eigenvalue weighted by Crippen LogP contribution is -2.44. The van der Waals surface area contributed by atoms with Gasteiger partial charge >= 0.3 is 0 Å². The normalized spacial score (nSPS) is 22.0. The second-order valence-corrected chi connectivity index (χ2v) is 6.37. The maximum Gasteiger partial charge on any atom is 0.123 e. The zero-order valence-electron chi connectivity index (χ0n) is 12.5. The molecule has 21 heavy (non-hydrogen) atoms. The van der Waals surface area contributed by atoms with E-state index in [1.165, 1.54) is 44.1 Å². The Labute approximate surface area is 133 Å². The van der Waals surface area contributed by atoms with Crippen molar-refractivity contribution in [3.63, 3.8) is 0 Å². The molecule has 3 rings (SSSR count). The highest BCUT2D eigenvalue weighted by Gasteiger charge is 2.35. The Kier molecular flexibility index (Phi) is 6.03. The minimum Gasteiger partial charge on any atom is -0.317 e. The molecule has 2 aliphatic rings. The van der Waals surface area contributed by atoms with Crippen molar-refractivity contribution in [2.24, 2.45) is 5.92 Å². The van der Waals surface area contributed by atoms with Gasteiger partial charge in [0.1, 0.15) is 5.82 Å². The van der Waals surface area contributed by atoms with E-state index in [2.05, 4.69) is 10.6 Å². The first-order chi connectivity index (χ1) is 9.78. The predicted octanol–water partition coefficient (Wildman–Crippen LogP) is 3.61. The SMILES string of the molecule is Cl.Fc1ccc(C2(NCC3CCNCC3)CCCC2)cc1. The maximum absolute atomic E-state index is 13.1. The van der Waals surface area contributed by atoms with Gasteiger partial charge < -0.3 is 10.6 Å². The van der Waals surface area contributed by atoms with Gasteiger partial charge in [0.2, 0.25) is 0 Å². The lowest BCUT2D eigenvalue weighted by molar-refractivity contribution is 0.278. The summed E-state index contributed by atoms with van der Waals surface area (Å²) in [4.78, 5) is 0. The van der Waals surface area contributed by atoms with E-state index in [-0.39, 0.29) is 23.8 Å². The van der Waals surface area contributed by atoms with E-state index < -0.39 is 0 Å². The lowest BCUT2D eigenvalue weighted by atomic mass is 9.87. The van der Waals surface area contributed by atoms with E-state index in [0.29, 0.717) is 0 Å². The Balaban J connectivity index is 0.00000161. The van der Waals surface area contributed by atoms with Crippen LogP contribution in [-0.4, -0.2) is 19.6 Å². The molecule has 1 saturated heterocycles. The van der Waals surface area contributed by atoms with E-state index in [4.69, 9.17) is 0 Å². The molecule has 0 amide bonds. The Morgan fingerprint density at radius 3 is 2.33 bits per heavy atom. The highest BCUT2D eigenvalue weighted by atomic mass is 35.5. The van der Waals surface area contributed by atoms with Crippen molar-refractivity contribution in [1.29, 1.82) is 0 Å². The molecule has 0 aromatic heterocycles. The van der Waals surface area contributed by atoms with Crippen molar-refractivity contribution in [1.82, 2.24) is 10.6 Å². The topological polar surface area (TPSA) is 24.1 Å². The summed E-state index contributed by atoms with van der Waals surface area (Å²) in [7, 11) is 0. The zero-order valence-corrected chi connectivity index (χ0v) is 13.4. The summed E-state index contributed by atoms with van der Waals surface area (Å²) in [6.07, 6.45) is 7.46. The number of hydrogen-bond acceptors (Lipinski definition) is 2. The minimum atomic E-state index is -0.139. The summed E-state index contributed by atoms with van der Waals surface area (Å²) in [5.74, 6) is 0.648. The van der Waals surface area contributed by atoms with Gasteiger partial charge in [-0.1, -0.05) is 25.0 Å². The van der Waals surface area contributed by atoms with Gasteiger partial charge in [-0.05, 0) is 68.9 Å². The quantitative estimate of drug-likeness (QED) is 0.887. The summed E-state index contributed by atoms with van der Waals surface area (Å²) in [5.41, 5.74) is 1.36. The van der Waals surface area contributed by atoms with Crippen molar-refractivity contribution in [2.45, 2.75) is 44.1 Å². The van der Waals surface area contributed by atoms with Gasteiger partial charge in [0.05, 0.1) is 0 Å². The second kappa shape index (κ2) is 7.57. The van der Waals surface area contributed by atoms with Gasteiger partial charge in [0.25, 0.3) is 0 Å². The predicted molar refractivity (Wildman–Crippen MR) is 87.4 cm³/mol.